The number of aromatic nitrogens is 2. The van der Waals surface area contributed by atoms with E-state index in [1.54, 1.807) is 18.5 Å². The maximum Gasteiger partial charge on any atom is 0.227 e. The first kappa shape index (κ1) is 19.0. The van der Waals surface area contributed by atoms with Crippen LogP contribution in [0.25, 0.3) is 0 Å². The molecule has 2 aliphatic rings. The molecule has 1 aromatic carbocycles. The first-order valence-corrected chi connectivity index (χ1v) is 10.2. The van der Waals surface area contributed by atoms with Crippen molar-refractivity contribution in [3.8, 4) is 5.75 Å². The molecule has 2 fully saturated rings. The Morgan fingerprint density at radius 3 is 2.61 bits per heavy atom. The normalized spacial score (nSPS) is 22.7. The van der Waals surface area contributed by atoms with Crippen LogP contribution in [0.2, 0.25) is 0 Å². The fourth-order valence-electron chi connectivity index (χ4n) is 3.80. The molecule has 28 heavy (non-hydrogen) atoms. The van der Waals surface area contributed by atoms with E-state index in [1.165, 1.54) is 0 Å². The van der Waals surface area contributed by atoms with E-state index in [2.05, 4.69) is 32.3 Å². The quantitative estimate of drug-likeness (QED) is 0.793. The van der Waals surface area contributed by atoms with E-state index in [-0.39, 0.29) is 0 Å². The molecule has 0 radical (unpaired) electrons. The van der Waals surface area contributed by atoms with Gasteiger partial charge >= 0.3 is 0 Å². The van der Waals surface area contributed by atoms with E-state index in [1.807, 2.05) is 6.07 Å². The Labute approximate surface area is 166 Å². The molecule has 7 heteroatoms. The molecule has 150 valence electrons. The van der Waals surface area contributed by atoms with Crippen molar-refractivity contribution in [1.82, 2.24) is 9.97 Å². The van der Waals surface area contributed by atoms with Crippen molar-refractivity contribution in [3.63, 3.8) is 0 Å². The summed E-state index contributed by atoms with van der Waals surface area (Å²) in [6, 6.07) is 8.44. The van der Waals surface area contributed by atoms with Gasteiger partial charge in [-0.3, -0.25) is 0 Å². The van der Waals surface area contributed by atoms with Crippen LogP contribution in [0.15, 0.2) is 36.7 Å². The van der Waals surface area contributed by atoms with Gasteiger partial charge in [0.25, 0.3) is 0 Å². The van der Waals surface area contributed by atoms with Crippen LogP contribution in [0.5, 0.6) is 5.75 Å². The Kier molecular flexibility index (Phi) is 6.24. The molecule has 0 unspecified atom stereocenters. The number of ether oxygens (including phenoxy) is 2. The van der Waals surface area contributed by atoms with Gasteiger partial charge in [-0.25, -0.2) is 9.97 Å². The van der Waals surface area contributed by atoms with Crippen LogP contribution < -0.4 is 20.7 Å². The molecule has 4 rings (SSSR count). The second-order valence-corrected chi connectivity index (χ2v) is 7.57. The summed E-state index contributed by atoms with van der Waals surface area (Å²) in [4.78, 5) is 10.9. The van der Waals surface area contributed by atoms with Crippen molar-refractivity contribution >= 4 is 17.3 Å². The predicted octanol–water partition coefficient (Wildman–Crippen LogP) is 2.95. The highest BCUT2D eigenvalue weighted by Crippen LogP contribution is 2.33. The van der Waals surface area contributed by atoms with E-state index in [4.69, 9.17) is 15.2 Å². The second-order valence-electron chi connectivity index (χ2n) is 7.57. The lowest BCUT2D eigenvalue weighted by Gasteiger charge is -2.30. The van der Waals surface area contributed by atoms with E-state index in [0.29, 0.717) is 24.5 Å². The summed E-state index contributed by atoms with van der Waals surface area (Å²) in [6.45, 7) is 4.03. The zero-order valence-corrected chi connectivity index (χ0v) is 16.2. The average Bonchev–Trinajstić information content (AvgIpc) is 2.75. The zero-order valence-electron chi connectivity index (χ0n) is 16.2. The molecule has 0 atom stereocenters. The highest BCUT2D eigenvalue weighted by Gasteiger charge is 2.20. The lowest BCUT2D eigenvalue weighted by molar-refractivity contribution is 0.122. The lowest BCUT2D eigenvalue weighted by Crippen LogP contribution is -2.36. The minimum atomic E-state index is 0.355. The SMILES string of the molecule is NC1CCC(COc2cc(N3CCOCC3)ccc2Nc2ncccn2)CC1. The van der Waals surface area contributed by atoms with Crippen molar-refractivity contribution in [3.05, 3.63) is 36.7 Å². The number of benzene rings is 1. The van der Waals surface area contributed by atoms with Crippen molar-refractivity contribution in [1.29, 1.82) is 0 Å². The minimum absolute atomic E-state index is 0.355. The molecular weight excluding hydrogens is 354 g/mol. The van der Waals surface area contributed by atoms with Crippen LogP contribution in [0, 0.1) is 5.92 Å². The number of nitrogens with zero attached hydrogens (tertiary/aromatic N) is 3. The van der Waals surface area contributed by atoms with E-state index in [9.17, 15) is 0 Å². The number of hydrogen-bond donors (Lipinski definition) is 2. The van der Waals surface area contributed by atoms with E-state index >= 15 is 0 Å². The van der Waals surface area contributed by atoms with Gasteiger partial charge in [0.1, 0.15) is 5.75 Å². The Bertz CT molecular complexity index is 744. The molecule has 1 aliphatic heterocycles. The summed E-state index contributed by atoms with van der Waals surface area (Å²) in [5.74, 6) is 1.97. The molecule has 1 aliphatic carbocycles. The monoisotopic (exact) mass is 383 g/mol. The van der Waals surface area contributed by atoms with Gasteiger partial charge < -0.3 is 25.4 Å². The van der Waals surface area contributed by atoms with Crippen molar-refractivity contribution < 1.29 is 9.47 Å². The second kappa shape index (κ2) is 9.21. The van der Waals surface area contributed by atoms with Crippen LogP contribution in [-0.4, -0.2) is 48.9 Å². The third kappa shape index (κ3) is 4.91. The number of morpholine rings is 1. The Hall–Kier alpha value is -2.38. The summed E-state index contributed by atoms with van der Waals surface area (Å²) in [5, 5.41) is 3.29. The van der Waals surface area contributed by atoms with E-state index < -0.39 is 0 Å². The Morgan fingerprint density at radius 1 is 1.11 bits per heavy atom. The smallest absolute Gasteiger partial charge is 0.227 e. The standard InChI is InChI=1S/C21H29N5O2/c22-17-4-2-16(3-5-17)15-28-20-14-18(26-10-12-27-13-11-26)6-7-19(20)25-21-23-8-1-9-24-21/h1,6-9,14,16-17H,2-5,10-13,15,22H2,(H,23,24,25). The molecule has 0 spiro atoms. The third-order valence-corrected chi connectivity index (χ3v) is 5.52. The summed E-state index contributed by atoms with van der Waals surface area (Å²) in [7, 11) is 0. The number of nitrogens with one attached hydrogen (secondary N) is 1. The molecule has 3 N–H and O–H groups in total. The van der Waals surface area contributed by atoms with Crippen molar-refractivity contribution in [2.24, 2.45) is 11.7 Å². The molecule has 1 aromatic heterocycles. The van der Waals surface area contributed by atoms with Crippen LogP contribution >= 0.6 is 0 Å². The van der Waals surface area contributed by atoms with Crippen LogP contribution in [-0.2, 0) is 4.74 Å². The summed E-state index contributed by atoms with van der Waals surface area (Å²) in [6.07, 6.45) is 7.89. The van der Waals surface area contributed by atoms with Gasteiger partial charge in [0.05, 0.1) is 25.5 Å². The number of rotatable bonds is 6. The minimum Gasteiger partial charge on any atom is -0.491 e. The topological polar surface area (TPSA) is 85.5 Å². The first-order chi connectivity index (χ1) is 13.8. The zero-order chi connectivity index (χ0) is 19.2. The maximum atomic E-state index is 6.30. The molecule has 1 saturated heterocycles. The van der Waals surface area contributed by atoms with Crippen molar-refractivity contribution in [2.75, 3.05) is 43.1 Å². The molecule has 2 aromatic rings. The fourth-order valence-corrected chi connectivity index (χ4v) is 3.80. The first-order valence-electron chi connectivity index (χ1n) is 10.2. The van der Waals surface area contributed by atoms with E-state index in [0.717, 1.165) is 69.1 Å². The average molecular weight is 383 g/mol. The van der Waals surface area contributed by atoms with Gasteiger partial charge in [-0.15, -0.1) is 0 Å². The van der Waals surface area contributed by atoms with Gasteiger partial charge in [0.15, 0.2) is 0 Å². The molecule has 7 nitrogen and oxygen atoms in total. The Balaban J connectivity index is 1.50. The fraction of sp³-hybridized carbons (Fsp3) is 0.524. The highest BCUT2D eigenvalue weighted by molar-refractivity contribution is 5.68. The molecule has 2 heterocycles. The molecule has 1 saturated carbocycles. The number of nitrogens with two attached hydrogens (primary N) is 1. The third-order valence-electron chi connectivity index (χ3n) is 5.52. The number of hydrogen-bond acceptors (Lipinski definition) is 7. The van der Waals surface area contributed by atoms with Crippen LogP contribution in [0.3, 0.4) is 0 Å². The Morgan fingerprint density at radius 2 is 1.86 bits per heavy atom. The summed E-state index contributed by atoms with van der Waals surface area (Å²) < 4.78 is 11.8. The van der Waals surface area contributed by atoms with Gasteiger partial charge in [-0.05, 0) is 49.8 Å². The van der Waals surface area contributed by atoms with Crippen LogP contribution in [0.4, 0.5) is 17.3 Å². The highest BCUT2D eigenvalue weighted by atomic mass is 16.5. The maximum absolute atomic E-state index is 6.30. The van der Waals surface area contributed by atoms with Gasteiger partial charge in [0, 0.05) is 43.3 Å². The molecule has 0 bridgehead atoms. The number of anilines is 3. The molecular formula is C21H29N5O2. The summed E-state index contributed by atoms with van der Waals surface area (Å²) in [5.41, 5.74) is 8.08. The van der Waals surface area contributed by atoms with Gasteiger partial charge in [-0.2, -0.15) is 0 Å². The lowest BCUT2D eigenvalue weighted by atomic mass is 9.87. The van der Waals surface area contributed by atoms with Crippen LogP contribution in [0.1, 0.15) is 25.7 Å². The largest absolute Gasteiger partial charge is 0.491 e. The molecule has 0 amide bonds. The van der Waals surface area contributed by atoms with Crippen molar-refractivity contribution in [2.45, 2.75) is 31.7 Å². The predicted molar refractivity (Wildman–Crippen MR) is 110 cm³/mol. The summed E-state index contributed by atoms with van der Waals surface area (Å²) >= 11 is 0. The van der Waals surface area contributed by atoms with Gasteiger partial charge in [-0.1, -0.05) is 0 Å². The van der Waals surface area contributed by atoms with Gasteiger partial charge in [0.2, 0.25) is 5.95 Å².